The van der Waals surface area contributed by atoms with Crippen molar-refractivity contribution in [1.82, 2.24) is 0 Å². The highest BCUT2D eigenvalue weighted by Gasteiger charge is 2.63. The summed E-state index contributed by atoms with van der Waals surface area (Å²) in [7, 11) is 3.32. The lowest BCUT2D eigenvalue weighted by Crippen LogP contribution is -2.59. The first-order chi connectivity index (χ1) is 15.6. The standard InChI is InChI=1S/C28H46O5/c1-17(7-10-25(30)32-6)21-8-9-22-26-23(12-14-28(21,22)4)27(3)13-11-20(31-5)15-19(27)16-24(26)33-18(2)29/h17,19-24,26H,7-16H2,1-6H3. The van der Waals surface area contributed by atoms with Crippen molar-refractivity contribution in [3.8, 4) is 0 Å². The van der Waals surface area contributed by atoms with Crippen LogP contribution in [0.2, 0.25) is 0 Å². The molecular weight excluding hydrogens is 416 g/mol. The average molecular weight is 463 g/mol. The summed E-state index contributed by atoms with van der Waals surface area (Å²) in [4.78, 5) is 23.9. The minimum Gasteiger partial charge on any atom is -0.469 e. The van der Waals surface area contributed by atoms with Crippen LogP contribution in [0.4, 0.5) is 0 Å². The van der Waals surface area contributed by atoms with Crippen molar-refractivity contribution in [1.29, 1.82) is 0 Å². The van der Waals surface area contributed by atoms with E-state index in [0.717, 1.165) is 25.7 Å². The normalized spacial score (nSPS) is 45.3. The minimum atomic E-state index is -0.130. The second-order valence-corrected chi connectivity index (χ2v) is 12.3. The van der Waals surface area contributed by atoms with Gasteiger partial charge in [-0.05, 0) is 98.2 Å². The molecule has 0 aromatic rings. The van der Waals surface area contributed by atoms with Crippen LogP contribution >= 0.6 is 0 Å². The van der Waals surface area contributed by atoms with Crippen LogP contribution < -0.4 is 0 Å². The van der Waals surface area contributed by atoms with Gasteiger partial charge in [-0.1, -0.05) is 20.8 Å². The Hall–Kier alpha value is -1.10. The van der Waals surface area contributed by atoms with Crippen molar-refractivity contribution < 1.29 is 23.8 Å². The van der Waals surface area contributed by atoms with Gasteiger partial charge in [0.25, 0.3) is 0 Å². The third-order valence-electron chi connectivity index (χ3n) is 11.1. The van der Waals surface area contributed by atoms with Gasteiger partial charge in [-0.15, -0.1) is 0 Å². The molecule has 10 unspecified atom stereocenters. The molecule has 0 aromatic heterocycles. The molecule has 0 radical (unpaired) electrons. The maximum absolute atomic E-state index is 12.2. The summed E-state index contributed by atoms with van der Waals surface area (Å²) in [6, 6.07) is 0. The number of esters is 2. The maximum Gasteiger partial charge on any atom is 0.305 e. The van der Waals surface area contributed by atoms with Crippen molar-refractivity contribution in [3.63, 3.8) is 0 Å². The number of methoxy groups -OCH3 is 2. The number of fused-ring (bicyclic) bond motifs is 5. The summed E-state index contributed by atoms with van der Waals surface area (Å²) >= 11 is 0. The van der Waals surface area contributed by atoms with E-state index in [1.807, 2.05) is 7.11 Å². The van der Waals surface area contributed by atoms with Crippen LogP contribution in [0.5, 0.6) is 0 Å². The first-order valence-corrected chi connectivity index (χ1v) is 13.4. The fourth-order valence-corrected chi connectivity index (χ4v) is 9.33. The van der Waals surface area contributed by atoms with E-state index in [-0.39, 0.29) is 23.5 Å². The zero-order valence-electron chi connectivity index (χ0n) is 21.7. The Morgan fingerprint density at radius 3 is 2.33 bits per heavy atom. The fraction of sp³-hybridized carbons (Fsp3) is 0.929. The first-order valence-electron chi connectivity index (χ1n) is 13.4. The topological polar surface area (TPSA) is 61.8 Å². The Morgan fingerprint density at radius 1 is 0.970 bits per heavy atom. The lowest BCUT2D eigenvalue weighted by molar-refractivity contribution is -0.195. The van der Waals surface area contributed by atoms with Gasteiger partial charge < -0.3 is 14.2 Å². The summed E-state index contributed by atoms with van der Waals surface area (Å²) in [5.74, 6) is 3.17. The van der Waals surface area contributed by atoms with Crippen molar-refractivity contribution in [2.45, 2.75) is 104 Å². The van der Waals surface area contributed by atoms with E-state index in [9.17, 15) is 9.59 Å². The van der Waals surface area contributed by atoms with Crippen LogP contribution in [0.25, 0.3) is 0 Å². The molecule has 0 aromatic carbocycles. The van der Waals surface area contributed by atoms with Crippen LogP contribution in [0.1, 0.15) is 91.9 Å². The van der Waals surface area contributed by atoms with E-state index < -0.39 is 0 Å². The predicted octanol–water partition coefficient (Wildman–Crippen LogP) is 5.79. The van der Waals surface area contributed by atoms with Gasteiger partial charge in [0, 0.05) is 26.4 Å². The van der Waals surface area contributed by atoms with E-state index in [2.05, 4.69) is 20.8 Å². The molecule has 33 heavy (non-hydrogen) atoms. The summed E-state index contributed by atoms with van der Waals surface area (Å²) in [6.07, 6.45) is 11.2. The Bertz CT molecular complexity index is 736. The van der Waals surface area contributed by atoms with Crippen molar-refractivity contribution in [2.24, 2.45) is 46.3 Å². The molecule has 5 nitrogen and oxygen atoms in total. The van der Waals surface area contributed by atoms with E-state index in [1.54, 1.807) is 6.92 Å². The molecule has 0 spiro atoms. The third-order valence-corrected chi connectivity index (χ3v) is 11.1. The van der Waals surface area contributed by atoms with Crippen LogP contribution in [-0.2, 0) is 23.8 Å². The number of hydrogen-bond donors (Lipinski definition) is 0. The molecule has 4 rings (SSSR count). The quantitative estimate of drug-likeness (QED) is 0.468. The van der Waals surface area contributed by atoms with Crippen molar-refractivity contribution in [2.75, 3.05) is 14.2 Å². The molecule has 0 bridgehead atoms. The zero-order valence-corrected chi connectivity index (χ0v) is 21.7. The average Bonchev–Trinajstić information content (AvgIpc) is 3.14. The van der Waals surface area contributed by atoms with Gasteiger partial charge in [0.1, 0.15) is 6.10 Å². The summed E-state index contributed by atoms with van der Waals surface area (Å²) in [6.45, 7) is 8.97. The molecule has 4 saturated carbocycles. The predicted molar refractivity (Wildman–Crippen MR) is 127 cm³/mol. The molecule has 0 amide bonds. The number of hydrogen-bond acceptors (Lipinski definition) is 5. The molecule has 0 aliphatic heterocycles. The van der Waals surface area contributed by atoms with E-state index in [4.69, 9.17) is 14.2 Å². The molecule has 5 heteroatoms. The summed E-state index contributed by atoms with van der Waals surface area (Å²) in [5.41, 5.74) is 0.592. The number of carbonyl (C=O) groups excluding carboxylic acids is 2. The SMILES string of the molecule is COC(=O)CCC(C)C1CCC2C3C(OC(C)=O)CC4CC(OC)CCC4(C)C3CCC12C. The van der Waals surface area contributed by atoms with E-state index in [0.29, 0.717) is 53.4 Å². The van der Waals surface area contributed by atoms with Gasteiger partial charge in [-0.3, -0.25) is 9.59 Å². The molecule has 4 aliphatic rings. The first kappa shape index (κ1) is 25.0. The number of rotatable bonds is 6. The molecule has 0 saturated heterocycles. The molecule has 4 aliphatic carbocycles. The highest BCUT2D eigenvalue weighted by atomic mass is 16.5. The molecule has 0 N–H and O–H groups in total. The molecule has 10 atom stereocenters. The lowest BCUT2D eigenvalue weighted by Gasteiger charge is -2.63. The second-order valence-electron chi connectivity index (χ2n) is 12.3. The Labute approximate surface area is 200 Å². The number of ether oxygens (including phenoxy) is 3. The third kappa shape index (κ3) is 4.36. The molecular formula is C28H46O5. The largest absolute Gasteiger partial charge is 0.469 e. The Morgan fingerprint density at radius 2 is 1.67 bits per heavy atom. The summed E-state index contributed by atoms with van der Waals surface area (Å²) in [5, 5.41) is 0. The highest BCUT2D eigenvalue weighted by Crippen LogP contribution is 2.68. The van der Waals surface area contributed by atoms with Gasteiger partial charge in [-0.2, -0.15) is 0 Å². The second kappa shape index (κ2) is 9.51. The molecule has 0 heterocycles. The van der Waals surface area contributed by atoms with Gasteiger partial charge >= 0.3 is 11.9 Å². The monoisotopic (exact) mass is 462 g/mol. The zero-order chi connectivity index (χ0) is 24.0. The lowest BCUT2D eigenvalue weighted by atomic mass is 9.43. The minimum absolute atomic E-state index is 0.0370. The maximum atomic E-state index is 12.2. The molecule has 4 fully saturated rings. The molecule has 188 valence electrons. The van der Waals surface area contributed by atoms with Crippen LogP contribution in [-0.4, -0.2) is 38.4 Å². The fourth-order valence-electron chi connectivity index (χ4n) is 9.33. The van der Waals surface area contributed by atoms with Crippen LogP contribution in [0.3, 0.4) is 0 Å². The van der Waals surface area contributed by atoms with Gasteiger partial charge in [-0.25, -0.2) is 0 Å². The van der Waals surface area contributed by atoms with Gasteiger partial charge in [0.2, 0.25) is 0 Å². The number of carbonyl (C=O) groups is 2. The van der Waals surface area contributed by atoms with Crippen molar-refractivity contribution in [3.05, 3.63) is 0 Å². The van der Waals surface area contributed by atoms with Crippen molar-refractivity contribution >= 4 is 11.9 Å². The smallest absolute Gasteiger partial charge is 0.305 e. The Balaban J connectivity index is 1.59. The van der Waals surface area contributed by atoms with E-state index in [1.165, 1.54) is 39.2 Å². The van der Waals surface area contributed by atoms with Crippen LogP contribution in [0.15, 0.2) is 0 Å². The van der Waals surface area contributed by atoms with Gasteiger partial charge in [0.15, 0.2) is 0 Å². The Kier molecular flexibility index (Phi) is 7.21. The van der Waals surface area contributed by atoms with E-state index >= 15 is 0 Å². The van der Waals surface area contributed by atoms with Gasteiger partial charge in [0.05, 0.1) is 13.2 Å². The highest BCUT2D eigenvalue weighted by molar-refractivity contribution is 5.69. The van der Waals surface area contributed by atoms with Crippen LogP contribution in [0, 0.1) is 46.3 Å². The summed E-state index contributed by atoms with van der Waals surface area (Å²) < 4.78 is 16.8.